The zero-order valence-electron chi connectivity index (χ0n) is 12.1. The van der Waals surface area contributed by atoms with Crippen molar-refractivity contribution in [1.29, 1.82) is 0 Å². The van der Waals surface area contributed by atoms with Crippen LogP contribution in [-0.4, -0.2) is 29.6 Å². The molecular weight excluding hydrogens is 250 g/mol. The van der Waals surface area contributed by atoms with Crippen molar-refractivity contribution in [1.82, 2.24) is 0 Å². The number of aliphatic carboxylic acids is 1. The Kier molecular flexibility index (Phi) is 11.9. The Balaban J connectivity index is 0. The number of ether oxygens (including phenoxy) is 1. The van der Waals surface area contributed by atoms with Crippen molar-refractivity contribution in [2.75, 3.05) is 6.61 Å². The van der Waals surface area contributed by atoms with Crippen LogP contribution in [0.2, 0.25) is 0 Å². The van der Waals surface area contributed by atoms with Gasteiger partial charge in [-0.1, -0.05) is 13.8 Å². The summed E-state index contributed by atoms with van der Waals surface area (Å²) in [6.45, 7) is 7.34. The van der Waals surface area contributed by atoms with E-state index in [4.69, 9.17) is 20.4 Å². The fourth-order valence-electron chi connectivity index (χ4n) is 1.65. The second-order valence-corrected chi connectivity index (χ2v) is 4.69. The number of nitrogens with two attached hydrogens (primary N) is 1. The van der Waals surface area contributed by atoms with Crippen LogP contribution in [0, 0.1) is 11.8 Å². The lowest BCUT2D eigenvalue weighted by molar-refractivity contribution is -0.144. The molecule has 3 N–H and O–H groups in total. The lowest BCUT2D eigenvalue weighted by Gasteiger charge is -2.16. The van der Waals surface area contributed by atoms with Gasteiger partial charge in [-0.3, -0.25) is 14.4 Å². The number of carbonyl (C=O) groups excluding carboxylic acids is 2. The molecule has 0 aromatic heterocycles. The first-order chi connectivity index (χ1) is 8.68. The van der Waals surface area contributed by atoms with E-state index in [2.05, 4.69) is 13.8 Å². The Hall–Kier alpha value is -1.59. The minimum Gasteiger partial charge on any atom is -0.481 e. The standard InChI is InChI=1S/C11H21NO3.C2H4O2/c1-4-15-11(14)7-9(5-8(2)3)6-10(12)13;1-2(3)4/h8-9H,4-7H2,1-3H3,(H2,12,13);1H3,(H,3,4). The molecule has 0 bridgehead atoms. The van der Waals surface area contributed by atoms with Crippen molar-refractivity contribution in [3.63, 3.8) is 0 Å². The number of hydrogen-bond donors (Lipinski definition) is 2. The molecule has 0 heterocycles. The van der Waals surface area contributed by atoms with E-state index in [1.54, 1.807) is 6.92 Å². The number of carboxylic acid groups (broad SMARTS) is 1. The molecule has 1 atom stereocenters. The largest absolute Gasteiger partial charge is 0.481 e. The minimum absolute atomic E-state index is 0.0153. The smallest absolute Gasteiger partial charge is 0.306 e. The molecule has 0 radical (unpaired) electrons. The monoisotopic (exact) mass is 275 g/mol. The zero-order chi connectivity index (χ0) is 15.4. The molecule has 0 saturated heterocycles. The van der Waals surface area contributed by atoms with Crippen molar-refractivity contribution in [2.45, 2.75) is 47.0 Å². The first kappa shape index (κ1) is 19.7. The topological polar surface area (TPSA) is 107 Å². The third-order valence-electron chi connectivity index (χ3n) is 2.06. The molecule has 0 aliphatic carbocycles. The Morgan fingerprint density at radius 2 is 1.68 bits per heavy atom. The van der Waals surface area contributed by atoms with Gasteiger partial charge in [0.25, 0.3) is 5.97 Å². The molecule has 0 aromatic carbocycles. The van der Waals surface area contributed by atoms with Gasteiger partial charge in [0.2, 0.25) is 5.91 Å². The van der Waals surface area contributed by atoms with E-state index in [9.17, 15) is 9.59 Å². The molecule has 0 aliphatic heterocycles. The van der Waals surface area contributed by atoms with E-state index in [1.807, 2.05) is 0 Å². The molecular formula is C13H25NO5. The molecule has 0 fully saturated rings. The maximum absolute atomic E-state index is 11.2. The Morgan fingerprint density at radius 1 is 1.21 bits per heavy atom. The van der Waals surface area contributed by atoms with Crippen LogP contribution in [0.25, 0.3) is 0 Å². The second-order valence-electron chi connectivity index (χ2n) is 4.69. The van der Waals surface area contributed by atoms with Gasteiger partial charge >= 0.3 is 5.97 Å². The Labute approximate surface area is 114 Å². The number of hydrogen-bond acceptors (Lipinski definition) is 4. The van der Waals surface area contributed by atoms with Gasteiger partial charge in [0.15, 0.2) is 0 Å². The molecule has 6 nitrogen and oxygen atoms in total. The van der Waals surface area contributed by atoms with Gasteiger partial charge in [-0.05, 0) is 25.2 Å². The van der Waals surface area contributed by atoms with E-state index in [1.165, 1.54) is 0 Å². The highest BCUT2D eigenvalue weighted by Crippen LogP contribution is 2.19. The fraction of sp³-hybridized carbons (Fsp3) is 0.769. The molecule has 112 valence electrons. The highest BCUT2D eigenvalue weighted by molar-refractivity contribution is 5.75. The van der Waals surface area contributed by atoms with Gasteiger partial charge in [-0.2, -0.15) is 0 Å². The van der Waals surface area contributed by atoms with Crippen LogP contribution in [0.3, 0.4) is 0 Å². The van der Waals surface area contributed by atoms with Crippen molar-refractivity contribution in [2.24, 2.45) is 17.6 Å². The summed E-state index contributed by atoms with van der Waals surface area (Å²) in [6, 6.07) is 0. The van der Waals surface area contributed by atoms with E-state index >= 15 is 0 Å². The normalized spacial score (nSPS) is 11.2. The summed E-state index contributed by atoms with van der Waals surface area (Å²) >= 11 is 0. The third kappa shape index (κ3) is 18.9. The predicted octanol–water partition coefficient (Wildman–Crippen LogP) is 1.57. The van der Waals surface area contributed by atoms with Crippen LogP contribution in [0.4, 0.5) is 0 Å². The molecule has 0 saturated carbocycles. The number of amides is 1. The lowest BCUT2D eigenvalue weighted by Crippen LogP contribution is -2.21. The van der Waals surface area contributed by atoms with E-state index in [0.29, 0.717) is 12.5 Å². The van der Waals surface area contributed by atoms with E-state index < -0.39 is 5.97 Å². The zero-order valence-corrected chi connectivity index (χ0v) is 12.1. The van der Waals surface area contributed by atoms with Crippen molar-refractivity contribution < 1.29 is 24.2 Å². The van der Waals surface area contributed by atoms with Crippen LogP contribution in [0.15, 0.2) is 0 Å². The van der Waals surface area contributed by atoms with Crippen molar-refractivity contribution in [3.8, 4) is 0 Å². The maximum atomic E-state index is 11.2. The average Bonchev–Trinajstić information content (AvgIpc) is 2.13. The molecule has 19 heavy (non-hydrogen) atoms. The van der Waals surface area contributed by atoms with Crippen molar-refractivity contribution in [3.05, 3.63) is 0 Å². The fourth-order valence-corrected chi connectivity index (χ4v) is 1.65. The first-order valence-corrected chi connectivity index (χ1v) is 6.32. The molecule has 1 unspecified atom stereocenters. The molecule has 1 amide bonds. The highest BCUT2D eigenvalue weighted by Gasteiger charge is 2.18. The van der Waals surface area contributed by atoms with Gasteiger partial charge in [0.1, 0.15) is 0 Å². The molecule has 0 aromatic rings. The summed E-state index contributed by atoms with van der Waals surface area (Å²) < 4.78 is 4.84. The van der Waals surface area contributed by atoms with Crippen LogP contribution in [-0.2, 0) is 19.1 Å². The number of carboxylic acids is 1. The van der Waals surface area contributed by atoms with E-state index in [0.717, 1.165) is 13.3 Å². The van der Waals surface area contributed by atoms with Crippen LogP contribution in [0.1, 0.15) is 47.0 Å². The number of rotatable bonds is 7. The van der Waals surface area contributed by atoms with Crippen molar-refractivity contribution >= 4 is 17.8 Å². The number of primary amides is 1. The van der Waals surface area contributed by atoms with Gasteiger partial charge < -0.3 is 15.6 Å². The minimum atomic E-state index is -0.833. The molecule has 0 aliphatic rings. The number of carbonyl (C=O) groups is 3. The SMILES string of the molecule is CC(=O)O.CCOC(=O)CC(CC(N)=O)CC(C)C. The quantitative estimate of drug-likeness (QED) is 0.686. The van der Waals surface area contributed by atoms with Gasteiger partial charge in [0, 0.05) is 19.8 Å². The third-order valence-corrected chi connectivity index (χ3v) is 2.06. The summed E-state index contributed by atoms with van der Waals surface area (Å²) in [5.74, 6) is -0.973. The molecule has 6 heteroatoms. The lowest BCUT2D eigenvalue weighted by atomic mass is 9.91. The highest BCUT2D eigenvalue weighted by atomic mass is 16.5. The first-order valence-electron chi connectivity index (χ1n) is 6.32. The van der Waals surface area contributed by atoms with Gasteiger partial charge in [-0.25, -0.2) is 0 Å². The summed E-state index contributed by atoms with van der Waals surface area (Å²) in [5, 5.41) is 7.42. The van der Waals surface area contributed by atoms with Crippen LogP contribution in [0.5, 0.6) is 0 Å². The Morgan fingerprint density at radius 3 is 2.00 bits per heavy atom. The predicted molar refractivity (Wildman–Crippen MR) is 71.3 cm³/mol. The maximum Gasteiger partial charge on any atom is 0.306 e. The summed E-state index contributed by atoms with van der Waals surface area (Å²) in [7, 11) is 0. The average molecular weight is 275 g/mol. The number of esters is 1. The van der Waals surface area contributed by atoms with E-state index in [-0.39, 0.29) is 30.6 Å². The van der Waals surface area contributed by atoms with Crippen LogP contribution < -0.4 is 5.73 Å². The Bertz CT molecular complexity index is 285. The summed E-state index contributed by atoms with van der Waals surface area (Å²) in [4.78, 5) is 31.0. The molecule has 0 rings (SSSR count). The summed E-state index contributed by atoms with van der Waals surface area (Å²) in [6.07, 6.45) is 1.37. The van der Waals surface area contributed by atoms with Crippen LogP contribution >= 0.6 is 0 Å². The summed E-state index contributed by atoms with van der Waals surface area (Å²) in [5.41, 5.74) is 5.13. The van der Waals surface area contributed by atoms with Gasteiger partial charge in [0.05, 0.1) is 6.61 Å². The van der Waals surface area contributed by atoms with Gasteiger partial charge in [-0.15, -0.1) is 0 Å². The molecule has 0 spiro atoms. The second kappa shape index (κ2) is 11.5.